The molecule has 0 spiro atoms. The molecular weight excluding hydrogens is 440 g/mol. The number of allylic oxidation sites excluding steroid dienone is 2. The standard InChI is InChI=1S/C28H36N4O3/c1-2-20-15-29-28(30-16-20)31-13-11-21(12-14-31)19-35-26-9-7-23(8-10-26)22-3-5-24(6-4-22)27(34)32-17-25(33)18-32/h3,7-10,15-16,21,24-25,33H,2,4-6,11-14,17-19H2,1H3. The Balaban J connectivity index is 1.06. The molecule has 2 saturated heterocycles. The lowest BCUT2D eigenvalue weighted by Gasteiger charge is -2.38. The van der Waals surface area contributed by atoms with Gasteiger partial charge in [0.15, 0.2) is 0 Å². The SMILES string of the molecule is CCc1cnc(N2CCC(COc3ccc(C4=CCC(C(=O)N5CC(O)C5)CC4)cc3)CC2)nc1. The Hall–Kier alpha value is -2.93. The smallest absolute Gasteiger partial charge is 0.226 e. The monoisotopic (exact) mass is 476 g/mol. The van der Waals surface area contributed by atoms with Crippen molar-refractivity contribution in [1.29, 1.82) is 0 Å². The number of hydrogen-bond donors (Lipinski definition) is 1. The number of aliphatic hydroxyl groups is 1. The van der Waals surface area contributed by atoms with Crippen molar-refractivity contribution in [3.63, 3.8) is 0 Å². The van der Waals surface area contributed by atoms with Gasteiger partial charge in [-0.3, -0.25) is 4.79 Å². The van der Waals surface area contributed by atoms with Crippen molar-refractivity contribution in [2.75, 3.05) is 37.7 Å². The molecule has 1 amide bonds. The number of aryl methyl sites for hydroxylation is 1. The third-order valence-electron chi connectivity index (χ3n) is 7.64. The van der Waals surface area contributed by atoms with Crippen LogP contribution in [-0.4, -0.2) is 64.8 Å². The molecule has 1 atom stereocenters. The first-order chi connectivity index (χ1) is 17.1. The lowest BCUT2D eigenvalue weighted by molar-refractivity contribution is -0.145. The summed E-state index contributed by atoms with van der Waals surface area (Å²) in [5, 5.41) is 9.44. The third-order valence-corrected chi connectivity index (χ3v) is 7.64. The number of hydrogen-bond acceptors (Lipinski definition) is 6. The fourth-order valence-corrected chi connectivity index (χ4v) is 5.19. The highest BCUT2D eigenvalue weighted by atomic mass is 16.5. The van der Waals surface area contributed by atoms with Gasteiger partial charge in [-0.25, -0.2) is 9.97 Å². The molecule has 0 bridgehead atoms. The van der Waals surface area contributed by atoms with E-state index < -0.39 is 0 Å². The van der Waals surface area contributed by atoms with Gasteiger partial charge in [0, 0.05) is 44.5 Å². The van der Waals surface area contributed by atoms with E-state index in [4.69, 9.17) is 4.74 Å². The number of rotatable bonds is 7. The quantitative estimate of drug-likeness (QED) is 0.656. The number of nitrogens with zero attached hydrogens (tertiary/aromatic N) is 4. The van der Waals surface area contributed by atoms with Gasteiger partial charge in [0.2, 0.25) is 11.9 Å². The Morgan fingerprint density at radius 1 is 1.09 bits per heavy atom. The zero-order valence-corrected chi connectivity index (χ0v) is 20.6. The summed E-state index contributed by atoms with van der Waals surface area (Å²) in [4.78, 5) is 25.6. The molecule has 1 aromatic carbocycles. The molecule has 2 aliphatic heterocycles. The van der Waals surface area contributed by atoms with Crippen molar-refractivity contribution in [1.82, 2.24) is 14.9 Å². The number of piperidine rings is 1. The highest BCUT2D eigenvalue weighted by Crippen LogP contribution is 2.33. The summed E-state index contributed by atoms with van der Waals surface area (Å²) >= 11 is 0. The fourth-order valence-electron chi connectivity index (χ4n) is 5.19. The number of anilines is 1. The van der Waals surface area contributed by atoms with Crippen molar-refractivity contribution >= 4 is 17.4 Å². The van der Waals surface area contributed by atoms with Crippen LogP contribution in [0.25, 0.3) is 5.57 Å². The molecule has 1 N–H and O–H groups in total. The second-order valence-electron chi connectivity index (χ2n) is 10.1. The summed E-state index contributed by atoms with van der Waals surface area (Å²) in [6, 6.07) is 8.39. The van der Waals surface area contributed by atoms with Crippen LogP contribution >= 0.6 is 0 Å². The first-order valence-corrected chi connectivity index (χ1v) is 13.0. The van der Waals surface area contributed by atoms with Gasteiger partial charge in [0.25, 0.3) is 0 Å². The van der Waals surface area contributed by atoms with Crippen molar-refractivity contribution in [3.05, 3.63) is 53.9 Å². The number of carbonyl (C=O) groups is 1. The van der Waals surface area contributed by atoms with E-state index in [1.165, 1.54) is 16.7 Å². The van der Waals surface area contributed by atoms with Gasteiger partial charge < -0.3 is 19.6 Å². The summed E-state index contributed by atoms with van der Waals surface area (Å²) in [6.45, 7) is 5.77. The maximum Gasteiger partial charge on any atom is 0.226 e. The van der Waals surface area contributed by atoms with E-state index in [9.17, 15) is 9.90 Å². The van der Waals surface area contributed by atoms with Gasteiger partial charge in [0.1, 0.15) is 5.75 Å². The largest absolute Gasteiger partial charge is 0.493 e. The number of carbonyl (C=O) groups excluding carboxylic acids is 1. The van der Waals surface area contributed by atoms with Crippen LogP contribution in [-0.2, 0) is 11.2 Å². The zero-order chi connectivity index (χ0) is 24.2. The number of benzene rings is 1. The van der Waals surface area contributed by atoms with Crippen LogP contribution in [0.2, 0.25) is 0 Å². The van der Waals surface area contributed by atoms with E-state index in [2.05, 4.69) is 52.1 Å². The minimum absolute atomic E-state index is 0.0579. The average Bonchev–Trinajstić information content (AvgIpc) is 2.90. The fraction of sp³-hybridized carbons (Fsp3) is 0.536. The van der Waals surface area contributed by atoms with E-state index in [0.717, 1.165) is 69.9 Å². The molecule has 5 rings (SSSR count). The van der Waals surface area contributed by atoms with Gasteiger partial charge in [0.05, 0.1) is 12.7 Å². The van der Waals surface area contributed by atoms with Crippen molar-refractivity contribution < 1.29 is 14.6 Å². The van der Waals surface area contributed by atoms with Crippen LogP contribution in [0.5, 0.6) is 5.75 Å². The number of amides is 1. The summed E-state index contributed by atoms with van der Waals surface area (Å²) in [5.74, 6) is 2.55. The van der Waals surface area contributed by atoms with Gasteiger partial charge in [-0.15, -0.1) is 0 Å². The Morgan fingerprint density at radius 3 is 2.40 bits per heavy atom. The molecule has 0 radical (unpaired) electrons. The number of aromatic nitrogens is 2. The molecule has 0 saturated carbocycles. The first kappa shape index (κ1) is 23.8. The topological polar surface area (TPSA) is 78.8 Å². The van der Waals surface area contributed by atoms with E-state index in [1.807, 2.05) is 12.4 Å². The second-order valence-corrected chi connectivity index (χ2v) is 10.1. The number of likely N-dealkylation sites (tertiary alicyclic amines) is 1. The molecule has 1 aromatic heterocycles. The summed E-state index contributed by atoms with van der Waals surface area (Å²) < 4.78 is 6.12. The van der Waals surface area contributed by atoms with Crippen molar-refractivity contribution in [2.24, 2.45) is 11.8 Å². The van der Waals surface area contributed by atoms with Crippen LogP contribution in [0, 0.1) is 11.8 Å². The third kappa shape index (κ3) is 5.67. The van der Waals surface area contributed by atoms with Crippen molar-refractivity contribution in [2.45, 2.75) is 51.6 Å². The van der Waals surface area contributed by atoms with Crippen LogP contribution in [0.4, 0.5) is 5.95 Å². The van der Waals surface area contributed by atoms with Crippen LogP contribution in [0.3, 0.4) is 0 Å². The maximum atomic E-state index is 12.5. The lowest BCUT2D eigenvalue weighted by Crippen LogP contribution is -2.55. The summed E-state index contributed by atoms with van der Waals surface area (Å²) in [6.07, 6.45) is 11.4. The highest BCUT2D eigenvalue weighted by Gasteiger charge is 2.33. The van der Waals surface area contributed by atoms with E-state index in [1.54, 1.807) is 4.90 Å². The molecule has 7 nitrogen and oxygen atoms in total. The molecule has 1 unspecified atom stereocenters. The zero-order valence-electron chi connectivity index (χ0n) is 20.6. The highest BCUT2D eigenvalue weighted by molar-refractivity contribution is 5.81. The van der Waals surface area contributed by atoms with E-state index in [-0.39, 0.29) is 17.9 Å². The molecule has 2 fully saturated rings. The Morgan fingerprint density at radius 2 is 1.80 bits per heavy atom. The molecule has 186 valence electrons. The van der Waals surface area contributed by atoms with Gasteiger partial charge in [-0.2, -0.15) is 0 Å². The van der Waals surface area contributed by atoms with Gasteiger partial charge in [-0.05, 0) is 73.3 Å². The number of ether oxygens (including phenoxy) is 1. The van der Waals surface area contributed by atoms with Crippen LogP contribution in [0.15, 0.2) is 42.7 Å². The maximum absolute atomic E-state index is 12.5. The Labute approximate surface area is 207 Å². The summed E-state index contributed by atoms with van der Waals surface area (Å²) in [7, 11) is 0. The second kappa shape index (κ2) is 10.8. The van der Waals surface area contributed by atoms with E-state index in [0.29, 0.717) is 19.0 Å². The normalized spacial score (nSPS) is 21.4. The molecule has 35 heavy (non-hydrogen) atoms. The predicted molar refractivity (Wildman–Crippen MR) is 136 cm³/mol. The average molecular weight is 477 g/mol. The molecule has 3 heterocycles. The molecule has 3 aliphatic rings. The predicted octanol–water partition coefficient (Wildman–Crippen LogP) is 3.72. The van der Waals surface area contributed by atoms with E-state index >= 15 is 0 Å². The number of aliphatic hydroxyl groups excluding tert-OH is 1. The first-order valence-electron chi connectivity index (χ1n) is 13.0. The Kier molecular flexibility index (Phi) is 7.32. The lowest BCUT2D eigenvalue weighted by atomic mass is 9.85. The minimum atomic E-state index is -0.333. The van der Waals surface area contributed by atoms with Crippen LogP contribution in [0.1, 0.15) is 50.2 Å². The molecule has 2 aromatic rings. The minimum Gasteiger partial charge on any atom is -0.493 e. The van der Waals surface area contributed by atoms with Gasteiger partial charge >= 0.3 is 0 Å². The Bertz CT molecular complexity index is 1020. The summed E-state index contributed by atoms with van der Waals surface area (Å²) in [5.41, 5.74) is 3.70. The molecule has 7 heteroatoms. The van der Waals surface area contributed by atoms with Gasteiger partial charge in [-0.1, -0.05) is 25.1 Å². The van der Waals surface area contributed by atoms with Crippen LogP contribution < -0.4 is 9.64 Å². The molecule has 1 aliphatic carbocycles. The number of β-amino-alcohol motifs (C(OH)–C–C–N with tert-alkyl or cyclic N) is 1. The van der Waals surface area contributed by atoms with Crippen molar-refractivity contribution in [3.8, 4) is 5.75 Å². The molecular formula is C28H36N4O3.